The number of hydrogen-bond donors (Lipinski definition) is 5. The molecule has 0 heterocycles. The Labute approximate surface area is 384 Å². The van der Waals surface area contributed by atoms with Crippen LogP contribution in [0.25, 0.3) is 0 Å². The Morgan fingerprint density at radius 3 is 1.65 bits per heavy atom. The van der Waals surface area contributed by atoms with Gasteiger partial charge in [-0.15, -0.1) is 0 Å². The summed E-state index contributed by atoms with van der Waals surface area (Å²) in [5.74, 6) is -1.13. The highest BCUT2D eigenvalue weighted by Gasteiger charge is 2.34. The number of aliphatic hydroxyl groups is 1. The molecule has 63 heavy (non-hydrogen) atoms. The number of amides is 5. The zero-order valence-corrected chi connectivity index (χ0v) is 42.6. The number of ether oxygens (including phenoxy) is 1. The van der Waals surface area contributed by atoms with Gasteiger partial charge in [-0.1, -0.05) is 151 Å². The van der Waals surface area contributed by atoms with Crippen LogP contribution in [-0.4, -0.2) is 109 Å². The fourth-order valence-electron chi connectivity index (χ4n) is 6.18. The lowest BCUT2D eigenvalue weighted by atomic mass is 9.90. The summed E-state index contributed by atoms with van der Waals surface area (Å²) in [7, 11) is 6.00. The first-order chi connectivity index (χ1) is 29.6. The van der Waals surface area contributed by atoms with E-state index in [1.54, 1.807) is 19.1 Å². The van der Waals surface area contributed by atoms with Gasteiger partial charge in [-0.25, -0.2) is 0 Å². The van der Waals surface area contributed by atoms with Crippen LogP contribution in [0, 0.1) is 23.7 Å². The van der Waals surface area contributed by atoms with E-state index >= 15 is 0 Å². The molecule has 0 radical (unpaired) electrons. The molecule has 0 aliphatic rings. The first-order valence-electron chi connectivity index (χ1n) is 23.2. The molecule has 0 aliphatic heterocycles. The van der Waals surface area contributed by atoms with Gasteiger partial charge in [-0.3, -0.25) is 28.8 Å². The van der Waals surface area contributed by atoms with E-state index in [0.717, 1.165) is 44.8 Å². The maximum Gasteiger partial charge on any atom is 0.303 e. The van der Waals surface area contributed by atoms with E-state index in [-0.39, 0.29) is 72.3 Å². The van der Waals surface area contributed by atoms with Gasteiger partial charge in [0.05, 0.1) is 18.6 Å². The number of nitrogens with zero attached hydrogens (tertiary/aromatic N) is 2. The summed E-state index contributed by atoms with van der Waals surface area (Å²) in [6.45, 7) is 24.3. The fourth-order valence-corrected chi connectivity index (χ4v) is 6.18. The highest BCUT2D eigenvalue weighted by Crippen LogP contribution is 2.23. The Bertz CT molecular complexity index is 1290. The van der Waals surface area contributed by atoms with Crippen molar-refractivity contribution in [2.45, 2.75) is 185 Å². The molecule has 0 bridgehead atoms. The van der Waals surface area contributed by atoms with Gasteiger partial charge in [0.15, 0.2) is 0 Å². The molecule has 5 amide bonds. The number of carbonyl (C=O) groups is 6. The zero-order valence-electron chi connectivity index (χ0n) is 42.6. The van der Waals surface area contributed by atoms with Gasteiger partial charge in [-0.05, 0) is 42.6 Å². The van der Waals surface area contributed by atoms with E-state index in [9.17, 15) is 28.8 Å². The van der Waals surface area contributed by atoms with Crippen LogP contribution < -0.4 is 16.8 Å². The monoisotopic (exact) mass is 898 g/mol. The highest BCUT2D eigenvalue weighted by atomic mass is 16.5. The van der Waals surface area contributed by atoms with Crippen LogP contribution >= 0.6 is 0 Å². The predicted octanol–water partition coefficient (Wildman–Crippen LogP) is 8.01. The van der Waals surface area contributed by atoms with E-state index in [1.165, 1.54) is 37.5 Å². The summed E-state index contributed by atoms with van der Waals surface area (Å²) in [5.41, 5.74) is 11.5. The third-order valence-corrected chi connectivity index (χ3v) is 10.1. The van der Waals surface area contributed by atoms with E-state index in [1.807, 2.05) is 85.8 Å². The first-order valence-corrected chi connectivity index (χ1v) is 23.2. The molecule has 5 atom stereocenters. The Kier molecular flexibility index (Phi) is 48.1. The number of primary amides is 2. The standard InChI is InChI=1S/C23H45N3O4.C9H10O2.C8H16N2O2.C6H14.C2H6.CH4O/c1-8-17(4)22(26(6)21(28)14-16(2)3)19(30-7)15-20(27)25-13-11-9-10-12-18(5)23(24)29;10-9(11)7-6-8-4-2-1-3-5-8;1-5(2)7(8(9)12)10(4)6(3)11;1-3-5-6-4-2;2*1-2/h16-19,22H,8-15H2,1-7H3,(H2,24,29)(H,25,27);1-5H,6-7H2,(H,10,11);5,7H,1-4H3,(H2,9,12);3-6H2,1-2H3;1-2H3;2H,1H3. The lowest BCUT2D eigenvalue weighted by molar-refractivity contribution is -0.140. The van der Waals surface area contributed by atoms with Crippen molar-refractivity contribution in [1.82, 2.24) is 15.1 Å². The first kappa shape index (κ1) is 68.0. The van der Waals surface area contributed by atoms with Gasteiger partial charge < -0.3 is 41.5 Å². The second kappa shape index (κ2) is 44.6. The largest absolute Gasteiger partial charge is 0.481 e. The summed E-state index contributed by atoms with van der Waals surface area (Å²) in [6, 6.07) is 8.97. The summed E-state index contributed by atoms with van der Waals surface area (Å²) in [6.07, 6.45) is 11.1. The molecule has 7 N–H and O–H groups in total. The number of likely N-dealkylation sites (N-methyl/N-ethyl adjacent to an activating group) is 2. The SMILES string of the molecule is CC.CC(=O)N(C)C(C(N)=O)C(C)C.CCC(C)C(C(CC(=O)NCCCCCC(C)C(N)=O)OC)N(C)C(=O)CC(C)C.CCCCCC.CO.O=C(O)CCc1ccccc1. The van der Waals surface area contributed by atoms with Crippen molar-refractivity contribution in [1.29, 1.82) is 0 Å². The molecule has 0 fully saturated rings. The van der Waals surface area contributed by atoms with Gasteiger partial charge in [0.2, 0.25) is 29.5 Å². The number of nitrogens with two attached hydrogens (primary N) is 2. The van der Waals surface area contributed by atoms with E-state index in [0.29, 0.717) is 19.4 Å². The molecule has 14 nitrogen and oxygen atoms in total. The van der Waals surface area contributed by atoms with Crippen LogP contribution in [0.5, 0.6) is 0 Å². The van der Waals surface area contributed by atoms with Crippen LogP contribution in [0.15, 0.2) is 30.3 Å². The Hall–Kier alpha value is -4.04. The number of aliphatic carboxylic acids is 1. The van der Waals surface area contributed by atoms with Crippen molar-refractivity contribution in [2.75, 3.05) is 34.9 Å². The quantitative estimate of drug-likeness (QED) is 0.0599. The molecule has 0 saturated carbocycles. The van der Waals surface area contributed by atoms with E-state index < -0.39 is 17.9 Å². The number of unbranched alkanes of at least 4 members (excludes halogenated alkanes) is 5. The van der Waals surface area contributed by atoms with Crippen molar-refractivity contribution >= 4 is 35.5 Å². The minimum Gasteiger partial charge on any atom is -0.481 e. The molecule has 1 aromatic rings. The van der Waals surface area contributed by atoms with Crippen LogP contribution in [-0.2, 0) is 39.9 Å². The van der Waals surface area contributed by atoms with Crippen LogP contribution in [0.2, 0.25) is 0 Å². The molecule has 14 heteroatoms. The Morgan fingerprint density at radius 1 is 0.762 bits per heavy atom. The molecule has 0 aromatic heterocycles. The number of aryl methyl sites for hydroxylation is 1. The normalized spacial score (nSPS) is 12.4. The lowest BCUT2D eigenvalue weighted by Crippen LogP contribution is -2.50. The molecule has 0 aliphatic carbocycles. The number of rotatable bonds is 25. The molecule has 370 valence electrons. The van der Waals surface area contributed by atoms with Crippen molar-refractivity contribution < 1.29 is 43.7 Å². The lowest BCUT2D eigenvalue weighted by Gasteiger charge is -2.38. The van der Waals surface area contributed by atoms with Crippen molar-refractivity contribution in [3.8, 4) is 0 Å². The molecule has 5 unspecified atom stereocenters. The average molecular weight is 898 g/mol. The van der Waals surface area contributed by atoms with E-state index in [4.69, 9.17) is 26.4 Å². The minimum absolute atomic E-state index is 0.0522. The Balaban J connectivity index is -0.000000276. The maximum atomic E-state index is 12.6. The highest BCUT2D eigenvalue weighted by molar-refractivity contribution is 5.85. The summed E-state index contributed by atoms with van der Waals surface area (Å²) in [4.78, 5) is 71.3. The summed E-state index contributed by atoms with van der Waals surface area (Å²) < 4.78 is 5.68. The summed E-state index contributed by atoms with van der Waals surface area (Å²) in [5, 5.41) is 18.3. The number of carboxylic acids is 1. The second-order valence-electron chi connectivity index (χ2n) is 16.3. The van der Waals surface area contributed by atoms with Gasteiger partial charge in [0.1, 0.15) is 6.04 Å². The number of nitrogens with one attached hydrogen (secondary N) is 1. The molecule has 1 aromatic carbocycles. The topological polar surface area (TPSA) is 223 Å². The van der Waals surface area contributed by atoms with Crippen molar-refractivity contribution in [2.24, 2.45) is 35.1 Å². The van der Waals surface area contributed by atoms with Crippen LogP contribution in [0.1, 0.15) is 166 Å². The van der Waals surface area contributed by atoms with Crippen molar-refractivity contribution in [3.05, 3.63) is 35.9 Å². The zero-order chi connectivity index (χ0) is 50.1. The van der Waals surface area contributed by atoms with Gasteiger partial charge in [0.25, 0.3) is 0 Å². The average Bonchev–Trinajstić information content (AvgIpc) is 3.24. The van der Waals surface area contributed by atoms with Crippen LogP contribution in [0.3, 0.4) is 0 Å². The van der Waals surface area contributed by atoms with Gasteiger partial charge in [0, 0.05) is 60.5 Å². The number of aliphatic hydroxyl groups excluding tert-OH is 1. The molecular weight excluding hydrogens is 803 g/mol. The third kappa shape index (κ3) is 38.2. The number of carboxylic acid groups (broad SMARTS) is 1. The third-order valence-electron chi connectivity index (χ3n) is 10.1. The molecular formula is C49H95N5O9. The molecule has 1 rings (SSSR count). The summed E-state index contributed by atoms with van der Waals surface area (Å²) >= 11 is 0. The fraction of sp³-hybridized carbons (Fsp3) is 0.755. The second-order valence-corrected chi connectivity index (χ2v) is 16.3. The van der Waals surface area contributed by atoms with Gasteiger partial charge in [-0.2, -0.15) is 0 Å². The number of hydrogen-bond acceptors (Lipinski definition) is 8. The Morgan fingerprint density at radius 2 is 1.29 bits per heavy atom. The number of carbonyl (C=O) groups excluding carboxylic acids is 5. The minimum atomic E-state index is -0.742. The predicted molar refractivity (Wildman–Crippen MR) is 259 cm³/mol. The number of benzene rings is 1. The molecule has 0 spiro atoms. The van der Waals surface area contributed by atoms with Crippen molar-refractivity contribution in [3.63, 3.8) is 0 Å². The van der Waals surface area contributed by atoms with Gasteiger partial charge >= 0.3 is 5.97 Å². The maximum absolute atomic E-state index is 12.6. The van der Waals surface area contributed by atoms with Crippen LogP contribution in [0.4, 0.5) is 0 Å². The smallest absolute Gasteiger partial charge is 0.303 e. The molecule has 0 saturated heterocycles. The van der Waals surface area contributed by atoms with E-state index in [2.05, 4.69) is 33.0 Å². The number of methoxy groups -OCH3 is 1.